The summed E-state index contributed by atoms with van der Waals surface area (Å²) in [6.07, 6.45) is 2.11. The number of nitrogens with one attached hydrogen (secondary N) is 5. The maximum absolute atomic E-state index is 13.3. The van der Waals surface area contributed by atoms with Crippen molar-refractivity contribution in [2.24, 2.45) is 28.1 Å². The molecule has 1 aromatic heterocycles. The fourth-order valence-electron chi connectivity index (χ4n) is 3.74. The number of aliphatic carboxylic acids is 2. The fourth-order valence-corrected chi connectivity index (χ4v) is 3.74. The molecule has 4 amide bonds. The number of hydrogen-bond donors (Lipinski definition) is 10. The van der Waals surface area contributed by atoms with E-state index in [0.29, 0.717) is 5.69 Å². The third-order valence-electron chi connectivity index (χ3n) is 5.73. The molecule has 1 heterocycles. The van der Waals surface area contributed by atoms with Crippen molar-refractivity contribution in [3.05, 3.63) is 18.2 Å². The normalized spacial score (nSPS) is 13.6. The van der Waals surface area contributed by atoms with E-state index in [1.807, 2.05) is 0 Å². The highest BCUT2D eigenvalue weighted by Gasteiger charge is 2.32. The van der Waals surface area contributed by atoms with Crippen LogP contribution in [-0.2, 0) is 35.2 Å². The van der Waals surface area contributed by atoms with Crippen LogP contribution in [-0.4, -0.2) is 99.0 Å². The SMILES string of the molecule is CC(C)CC(NC(=O)C(CC(=O)O)NC(=O)C(Cc1cnc[nH]1)NC(=O)C(CCCN=C(N)N)NC(=O)CN)C(=O)O. The predicted molar refractivity (Wildman–Crippen MR) is 148 cm³/mol. The molecule has 18 heteroatoms. The average Bonchev–Trinajstić information content (AvgIpc) is 3.41. The minimum atomic E-state index is -1.67. The molecule has 0 saturated heterocycles. The molecule has 234 valence electrons. The van der Waals surface area contributed by atoms with Crippen LogP contribution in [0, 0.1) is 5.92 Å². The molecule has 0 bridgehead atoms. The Balaban J connectivity index is 3.18. The third-order valence-corrected chi connectivity index (χ3v) is 5.73. The largest absolute Gasteiger partial charge is 0.481 e. The van der Waals surface area contributed by atoms with Crippen LogP contribution in [0.1, 0.15) is 45.2 Å². The number of nitrogens with zero attached hydrogens (tertiary/aromatic N) is 2. The van der Waals surface area contributed by atoms with E-state index in [1.165, 1.54) is 12.5 Å². The highest BCUT2D eigenvalue weighted by molar-refractivity contribution is 5.96. The van der Waals surface area contributed by atoms with Crippen LogP contribution in [0.5, 0.6) is 0 Å². The quantitative estimate of drug-likeness (QED) is 0.0423. The zero-order valence-electron chi connectivity index (χ0n) is 23.5. The van der Waals surface area contributed by atoms with Crippen molar-refractivity contribution in [3.8, 4) is 0 Å². The van der Waals surface area contributed by atoms with Crippen LogP contribution in [0.2, 0.25) is 0 Å². The lowest BCUT2D eigenvalue weighted by Crippen LogP contribution is -2.58. The van der Waals surface area contributed by atoms with Gasteiger partial charge in [0.1, 0.15) is 24.2 Å². The number of rotatable bonds is 19. The molecule has 0 aliphatic carbocycles. The predicted octanol–water partition coefficient (Wildman–Crippen LogP) is -3.49. The molecular formula is C24H40N10O8. The van der Waals surface area contributed by atoms with Crippen molar-refractivity contribution in [2.75, 3.05) is 13.1 Å². The van der Waals surface area contributed by atoms with Crippen molar-refractivity contribution in [1.82, 2.24) is 31.2 Å². The van der Waals surface area contributed by atoms with E-state index in [4.69, 9.17) is 17.2 Å². The number of carboxylic acids is 2. The number of imidazole rings is 1. The molecule has 1 aromatic rings. The third kappa shape index (κ3) is 13.6. The van der Waals surface area contributed by atoms with Crippen LogP contribution in [0.3, 0.4) is 0 Å². The smallest absolute Gasteiger partial charge is 0.326 e. The van der Waals surface area contributed by atoms with E-state index in [2.05, 4.69) is 36.2 Å². The van der Waals surface area contributed by atoms with E-state index in [1.54, 1.807) is 13.8 Å². The molecule has 13 N–H and O–H groups in total. The van der Waals surface area contributed by atoms with Gasteiger partial charge in [-0.25, -0.2) is 9.78 Å². The number of carbonyl (C=O) groups excluding carboxylic acids is 4. The highest BCUT2D eigenvalue weighted by Crippen LogP contribution is 2.08. The van der Waals surface area contributed by atoms with Gasteiger partial charge < -0.3 is 53.7 Å². The van der Waals surface area contributed by atoms with Gasteiger partial charge in [-0.1, -0.05) is 13.8 Å². The number of nitrogens with two attached hydrogens (primary N) is 3. The van der Waals surface area contributed by atoms with Gasteiger partial charge in [-0.2, -0.15) is 0 Å². The Labute approximate surface area is 241 Å². The van der Waals surface area contributed by atoms with Crippen LogP contribution < -0.4 is 38.5 Å². The number of aliphatic imine (C=N–C) groups is 1. The second kappa shape index (κ2) is 17.8. The molecule has 0 aromatic carbocycles. The van der Waals surface area contributed by atoms with Crippen LogP contribution in [0.15, 0.2) is 17.5 Å². The molecule has 42 heavy (non-hydrogen) atoms. The van der Waals surface area contributed by atoms with E-state index in [9.17, 15) is 39.0 Å². The van der Waals surface area contributed by atoms with Gasteiger partial charge in [-0.05, 0) is 25.2 Å². The molecule has 0 spiro atoms. The molecule has 0 fully saturated rings. The first kappa shape index (κ1) is 35.3. The summed E-state index contributed by atoms with van der Waals surface area (Å²) < 4.78 is 0. The van der Waals surface area contributed by atoms with Gasteiger partial charge in [0, 0.05) is 24.9 Å². The lowest BCUT2D eigenvalue weighted by molar-refractivity contribution is -0.144. The molecule has 0 aliphatic rings. The van der Waals surface area contributed by atoms with E-state index in [0.717, 1.165) is 0 Å². The van der Waals surface area contributed by atoms with Crippen molar-refractivity contribution >= 4 is 41.5 Å². The van der Waals surface area contributed by atoms with Crippen molar-refractivity contribution < 1.29 is 39.0 Å². The Morgan fingerprint density at radius 3 is 2.05 bits per heavy atom. The first-order valence-corrected chi connectivity index (χ1v) is 13.1. The highest BCUT2D eigenvalue weighted by atomic mass is 16.4. The van der Waals surface area contributed by atoms with Gasteiger partial charge in [0.15, 0.2) is 5.96 Å². The minimum Gasteiger partial charge on any atom is -0.481 e. The second-order valence-electron chi connectivity index (χ2n) is 9.80. The molecular weight excluding hydrogens is 556 g/mol. The summed E-state index contributed by atoms with van der Waals surface area (Å²) in [7, 11) is 0. The Bertz CT molecular complexity index is 1100. The van der Waals surface area contributed by atoms with Gasteiger partial charge in [0.05, 0.1) is 19.3 Å². The first-order chi connectivity index (χ1) is 19.7. The number of amides is 4. The summed E-state index contributed by atoms with van der Waals surface area (Å²) in [5.74, 6) is -6.42. The maximum atomic E-state index is 13.3. The van der Waals surface area contributed by atoms with Crippen molar-refractivity contribution in [3.63, 3.8) is 0 Å². The molecule has 0 radical (unpaired) electrons. The van der Waals surface area contributed by atoms with Crippen molar-refractivity contribution in [2.45, 2.75) is 70.1 Å². The molecule has 4 unspecified atom stereocenters. The molecule has 18 nitrogen and oxygen atoms in total. The van der Waals surface area contributed by atoms with E-state index >= 15 is 0 Å². The molecule has 4 atom stereocenters. The van der Waals surface area contributed by atoms with Crippen molar-refractivity contribution in [1.29, 1.82) is 0 Å². The van der Waals surface area contributed by atoms with Crippen LogP contribution in [0.25, 0.3) is 0 Å². The van der Waals surface area contributed by atoms with Crippen LogP contribution >= 0.6 is 0 Å². The Morgan fingerprint density at radius 2 is 1.52 bits per heavy atom. The average molecular weight is 597 g/mol. The summed E-state index contributed by atoms with van der Waals surface area (Å²) in [5, 5.41) is 28.3. The zero-order chi connectivity index (χ0) is 31.8. The first-order valence-electron chi connectivity index (χ1n) is 13.1. The monoisotopic (exact) mass is 596 g/mol. The molecule has 0 aliphatic heterocycles. The number of carbonyl (C=O) groups is 6. The van der Waals surface area contributed by atoms with E-state index in [-0.39, 0.29) is 44.1 Å². The Kier molecular flexibility index (Phi) is 15.0. The number of H-pyrrole nitrogens is 1. The van der Waals surface area contributed by atoms with E-state index < -0.39 is 72.7 Å². The van der Waals surface area contributed by atoms with Gasteiger partial charge >= 0.3 is 11.9 Å². The summed E-state index contributed by atoms with van der Waals surface area (Å²) in [6.45, 7) is 3.23. The molecule has 0 saturated carbocycles. The summed E-state index contributed by atoms with van der Waals surface area (Å²) in [6, 6.07) is -5.50. The number of carboxylic acid groups (broad SMARTS) is 2. The summed E-state index contributed by atoms with van der Waals surface area (Å²) >= 11 is 0. The van der Waals surface area contributed by atoms with Gasteiger partial charge in [0.25, 0.3) is 0 Å². The number of aromatic nitrogens is 2. The minimum absolute atomic E-state index is 0.0619. The number of guanidine groups is 1. The summed E-state index contributed by atoms with van der Waals surface area (Å²) in [4.78, 5) is 84.9. The van der Waals surface area contributed by atoms with Crippen LogP contribution in [0.4, 0.5) is 0 Å². The van der Waals surface area contributed by atoms with Gasteiger partial charge in [0.2, 0.25) is 23.6 Å². The second-order valence-corrected chi connectivity index (χ2v) is 9.80. The number of hydrogen-bond acceptors (Lipinski definition) is 9. The summed E-state index contributed by atoms with van der Waals surface area (Å²) in [5.41, 5.74) is 16.4. The maximum Gasteiger partial charge on any atom is 0.326 e. The Hall–Kier alpha value is -4.74. The zero-order valence-corrected chi connectivity index (χ0v) is 23.5. The molecule has 1 rings (SSSR count). The fraction of sp³-hybridized carbons (Fsp3) is 0.583. The van der Waals surface area contributed by atoms with Gasteiger partial charge in [-0.3, -0.25) is 29.0 Å². The topological polar surface area (TPSA) is 310 Å². The van der Waals surface area contributed by atoms with Gasteiger partial charge in [-0.15, -0.1) is 0 Å². The number of aromatic amines is 1. The lowest BCUT2D eigenvalue weighted by Gasteiger charge is -2.25. The Morgan fingerprint density at radius 1 is 0.929 bits per heavy atom. The lowest BCUT2D eigenvalue weighted by atomic mass is 10.0. The standard InChI is InChI=1S/C24H40N10O8/c1-12(2)6-17(23(41)42)34-22(40)16(8-19(36)37)33-21(39)15(7-13-10-28-11-30-13)32-20(38)14(31-18(35)9-25)4-3-5-29-24(26)27/h10-12,14-17H,3-9,25H2,1-2H3,(H,28,30)(H,31,35)(H,32,38)(H,33,39)(H,34,40)(H,36,37)(H,41,42)(H4,26,27,29).